The summed E-state index contributed by atoms with van der Waals surface area (Å²) in [5.41, 5.74) is 0. The van der Waals surface area contributed by atoms with Crippen molar-refractivity contribution in [3.8, 4) is 0 Å². The Hall–Kier alpha value is -0.870. The predicted octanol–water partition coefficient (Wildman–Crippen LogP) is 0.394. The number of aliphatic carboxylic acids is 1. The van der Waals surface area contributed by atoms with Crippen LogP contribution in [0.3, 0.4) is 0 Å². The Morgan fingerprint density at radius 2 is 2.54 bits per heavy atom. The maximum atomic E-state index is 10.2. The van der Waals surface area contributed by atoms with Gasteiger partial charge in [0.15, 0.2) is 0 Å². The van der Waals surface area contributed by atoms with Gasteiger partial charge in [0.2, 0.25) is 0 Å². The SMILES string of the molecule is C[C@@H]1OCCN[C@H]1/C=C/CC(=O)O. The number of rotatable bonds is 3. The van der Waals surface area contributed by atoms with Crippen LogP contribution in [-0.2, 0) is 9.53 Å². The molecule has 0 amide bonds. The number of morpholine rings is 1. The molecule has 1 heterocycles. The molecule has 0 spiro atoms. The topological polar surface area (TPSA) is 58.6 Å². The van der Waals surface area contributed by atoms with Crippen molar-refractivity contribution >= 4 is 5.97 Å². The zero-order valence-corrected chi connectivity index (χ0v) is 7.69. The zero-order chi connectivity index (χ0) is 9.68. The molecule has 0 aromatic rings. The minimum Gasteiger partial charge on any atom is -0.481 e. The number of carbonyl (C=O) groups is 1. The van der Waals surface area contributed by atoms with Crippen molar-refractivity contribution in [2.75, 3.05) is 13.2 Å². The average Bonchev–Trinajstić information content (AvgIpc) is 2.08. The lowest BCUT2D eigenvalue weighted by Gasteiger charge is -2.27. The third-order valence-electron chi connectivity index (χ3n) is 2.00. The molecule has 74 valence electrons. The van der Waals surface area contributed by atoms with Gasteiger partial charge in [-0.15, -0.1) is 0 Å². The van der Waals surface area contributed by atoms with Crippen LogP contribution in [0.25, 0.3) is 0 Å². The fraction of sp³-hybridized carbons (Fsp3) is 0.667. The van der Waals surface area contributed by atoms with Crippen molar-refractivity contribution in [1.82, 2.24) is 5.32 Å². The molecular weight excluding hydrogens is 170 g/mol. The van der Waals surface area contributed by atoms with E-state index >= 15 is 0 Å². The summed E-state index contributed by atoms with van der Waals surface area (Å²) in [6, 6.07) is 0.146. The fourth-order valence-corrected chi connectivity index (χ4v) is 1.28. The third kappa shape index (κ3) is 3.57. The maximum absolute atomic E-state index is 10.2. The molecule has 4 heteroatoms. The largest absolute Gasteiger partial charge is 0.481 e. The summed E-state index contributed by atoms with van der Waals surface area (Å²) in [5.74, 6) is -0.805. The van der Waals surface area contributed by atoms with Crippen molar-refractivity contribution in [2.45, 2.75) is 25.5 Å². The van der Waals surface area contributed by atoms with Crippen LogP contribution in [0.4, 0.5) is 0 Å². The number of carboxylic acid groups (broad SMARTS) is 1. The van der Waals surface area contributed by atoms with Crippen LogP contribution in [0.5, 0.6) is 0 Å². The molecule has 1 aliphatic rings. The highest BCUT2D eigenvalue weighted by Gasteiger charge is 2.17. The van der Waals surface area contributed by atoms with Crippen LogP contribution in [-0.4, -0.2) is 36.4 Å². The summed E-state index contributed by atoms with van der Waals surface area (Å²) in [4.78, 5) is 10.2. The van der Waals surface area contributed by atoms with Crippen LogP contribution in [0, 0.1) is 0 Å². The molecular formula is C9H15NO3. The Labute approximate surface area is 77.6 Å². The average molecular weight is 185 g/mol. The van der Waals surface area contributed by atoms with Crippen LogP contribution in [0.2, 0.25) is 0 Å². The van der Waals surface area contributed by atoms with Crippen LogP contribution >= 0.6 is 0 Å². The van der Waals surface area contributed by atoms with Crippen molar-refractivity contribution < 1.29 is 14.6 Å². The first-order valence-electron chi connectivity index (χ1n) is 4.43. The van der Waals surface area contributed by atoms with E-state index < -0.39 is 5.97 Å². The second-order valence-corrected chi connectivity index (χ2v) is 3.08. The van der Waals surface area contributed by atoms with E-state index in [1.54, 1.807) is 6.08 Å². The summed E-state index contributed by atoms with van der Waals surface area (Å²) in [7, 11) is 0. The lowest BCUT2D eigenvalue weighted by molar-refractivity contribution is -0.136. The van der Waals surface area contributed by atoms with Crippen LogP contribution in [0.15, 0.2) is 12.2 Å². The molecule has 1 fully saturated rings. The summed E-state index contributed by atoms with van der Waals surface area (Å²) < 4.78 is 5.39. The molecule has 1 saturated heterocycles. The highest BCUT2D eigenvalue weighted by molar-refractivity contribution is 5.68. The van der Waals surface area contributed by atoms with Gasteiger partial charge in [0, 0.05) is 6.54 Å². The Morgan fingerprint density at radius 3 is 3.15 bits per heavy atom. The first-order chi connectivity index (χ1) is 6.20. The first kappa shape index (κ1) is 10.2. The molecule has 0 aliphatic carbocycles. The summed E-state index contributed by atoms with van der Waals surface area (Å²) >= 11 is 0. The van der Waals surface area contributed by atoms with Gasteiger partial charge in [0.25, 0.3) is 0 Å². The molecule has 0 aromatic carbocycles. The number of carboxylic acids is 1. The lowest BCUT2D eigenvalue weighted by atomic mass is 10.1. The second-order valence-electron chi connectivity index (χ2n) is 3.08. The summed E-state index contributed by atoms with van der Waals surface area (Å²) in [6.45, 7) is 3.53. The Morgan fingerprint density at radius 1 is 1.77 bits per heavy atom. The first-order valence-corrected chi connectivity index (χ1v) is 4.43. The van der Waals surface area contributed by atoms with Gasteiger partial charge in [-0.3, -0.25) is 4.79 Å². The van der Waals surface area contributed by atoms with Gasteiger partial charge in [-0.25, -0.2) is 0 Å². The van der Waals surface area contributed by atoms with E-state index in [0.29, 0.717) is 0 Å². The van der Waals surface area contributed by atoms with E-state index in [-0.39, 0.29) is 18.6 Å². The Balaban J connectivity index is 2.33. The Bertz CT molecular complexity index is 203. The molecule has 0 saturated carbocycles. The normalized spacial score (nSPS) is 29.3. The van der Waals surface area contributed by atoms with E-state index in [1.165, 1.54) is 0 Å². The molecule has 1 aliphatic heterocycles. The van der Waals surface area contributed by atoms with Gasteiger partial charge in [-0.1, -0.05) is 12.2 Å². The van der Waals surface area contributed by atoms with E-state index in [4.69, 9.17) is 9.84 Å². The Kier molecular flexibility index (Phi) is 3.92. The van der Waals surface area contributed by atoms with Crippen molar-refractivity contribution in [2.24, 2.45) is 0 Å². The van der Waals surface area contributed by atoms with Crippen molar-refractivity contribution in [3.63, 3.8) is 0 Å². The highest BCUT2D eigenvalue weighted by atomic mass is 16.5. The van der Waals surface area contributed by atoms with Gasteiger partial charge >= 0.3 is 5.97 Å². The van der Waals surface area contributed by atoms with Crippen LogP contribution < -0.4 is 5.32 Å². The molecule has 2 atom stereocenters. The third-order valence-corrected chi connectivity index (χ3v) is 2.00. The summed E-state index contributed by atoms with van der Waals surface area (Å²) in [6.07, 6.45) is 3.72. The zero-order valence-electron chi connectivity index (χ0n) is 7.69. The monoisotopic (exact) mass is 185 g/mol. The van der Waals surface area contributed by atoms with Gasteiger partial charge < -0.3 is 15.2 Å². The minimum absolute atomic E-state index is 0.0743. The summed E-state index contributed by atoms with van der Waals surface area (Å²) in [5, 5.41) is 11.6. The van der Waals surface area contributed by atoms with Crippen molar-refractivity contribution in [3.05, 3.63) is 12.2 Å². The maximum Gasteiger partial charge on any atom is 0.307 e. The van der Waals surface area contributed by atoms with Gasteiger partial charge in [0.05, 0.1) is 25.2 Å². The molecule has 0 aromatic heterocycles. The second kappa shape index (κ2) is 4.99. The van der Waals surface area contributed by atoms with E-state index in [0.717, 1.165) is 13.2 Å². The fourth-order valence-electron chi connectivity index (χ4n) is 1.28. The molecule has 4 nitrogen and oxygen atoms in total. The molecule has 2 N–H and O–H groups in total. The van der Waals surface area contributed by atoms with Gasteiger partial charge in [-0.05, 0) is 6.92 Å². The van der Waals surface area contributed by atoms with E-state index in [1.807, 2.05) is 13.0 Å². The molecule has 0 radical (unpaired) electrons. The predicted molar refractivity (Wildman–Crippen MR) is 48.6 cm³/mol. The lowest BCUT2D eigenvalue weighted by Crippen LogP contribution is -2.45. The van der Waals surface area contributed by atoms with E-state index in [2.05, 4.69) is 5.32 Å². The van der Waals surface area contributed by atoms with Gasteiger partial charge in [0.1, 0.15) is 0 Å². The highest BCUT2D eigenvalue weighted by Crippen LogP contribution is 2.05. The molecule has 13 heavy (non-hydrogen) atoms. The molecule has 0 unspecified atom stereocenters. The number of hydrogen-bond donors (Lipinski definition) is 2. The quantitative estimate of drug-likeness (QED) is 0.625. The molecule has 0 bridgehead atoms. The van der Waals surface area contributed by atoms with E-state index in [9.17, 15) is 4.79 Å². The van der Waals surface area contributed by atoms with Crippen molar-refractivity contribution in [1.29, 1.82) is 0 Å². The van der Waals surface area contributed by atoms with Crippen LogP contribution in [0.1, 0.15) is 13.3 Å². The minimum atomic E-state index is -0.805. The number of hydrogen-bond acceptors (Lipinski definition) is 3. The van der Waals surface area contributed by atoms with Gasteiger partial charge in [-0.2, -0.15) is 0 Å². The molecule has 1 rings (SSSR count). The smallest absolute Gasteiger partial charge is 0.307 e. The number of ether oxygens (including phenoxy) is 1. The standard InChI is InChI=1S/C9H15NO3/c1-7-8(10-5-6-13-7)3-2-4-9(11)12/h2-3,7-8,10H,4-6H2,1H3,(H,11,12)/b3-2+/t7-,8-/m0/s1. The number of nitrogens with one attached hydrogen (secondary N) is 1.